The molecular weight excluding hydrogens is 440 g/mol. The fourth-order valence-corrected chi connectivity index (χ4v) is 5.99. The predicted octanol–water partition coefficient (Wildman–Crippen LogP) is 6.54. The summed E-state index contributed by atoms with van der Waals surface area (Å²) in [5, 5.41) is 7.19. The first-order valence-corrected chi connectivity index (χ1v) is 12.5. The van der Waals surface area contributed by atoms with Crippen molar-refractivity contribution in [1.82, 2.24) is 4.40 Å². The van der Waals surface area contributed by atoms with Crippen LogP contribution in [0.15, 0.2) is 83.0 Å². The van der Waals surface area contributed by atoms with Crippen molar-refractivity contribution in [2.75, 3.05) is 5.32 Å². The number of aromatic nitrogens is 1. The molecule has 2 heterocycles. The smallest absolute Gasteiger partial charge is 0.273 e. The Morgan fingerprint density at radius 3 is 2.62 bits per heavy atom. The van der Waals surface area contributed by atoms with Gasteiger partial charge in [-0.25, -0.2) is 0 Å². The lowest BCUT2D eigenvalue weighted by Crippen LogP contribution is -2.22. The van der Waals surface area contributed by atoms with E-state index in [0.717, 1.165) is 34.5 Å². The van der Waals surface area contributed by atoms with Gasteiger partial charge in [-0.2, -0.15) is 0 Å². The predicted molar refractivity (Wildman–Crippen MR) is 139 cm³/mol. The molecule has 34 heavy (non-hydrogen) atoms. The van der Waals surface area contributed by atoms with Crippen molar-refractivity contribution in [1.29, 1.82) is 0 Å². The van der Waals surface area contributed by atoms with Gasteiger partial charge >= 0.3 is 0 Å². The molecule has 1 aliphatic carbocycles. The minimum absolute atomic E-state index is 0.148. The van der Waals surface area contributed by atoms with Crippen LogP contribution in [0, 0.1) is 6.92 Å². The molecule has 5 heteroatoms. The number of anilines is 1. The summed E-state index contributed by atoms with van der Waals surface area (Å²) < 4.78 is 1.61. The molecule has 4 nitrogen and oxygen atoms in total. The Kier molecular flexibility index (Phi) is 5.07. The Labute approximate surface area is 201 Å². The van der Waals surface area contributed by atoms with E-state index in [1.54, 1.807) is 10.5 Å². The standard InChI is InChI=1S/C29H24N2O2S/c1-18-6-4-10-23(14-18)30-28(33)25-17-34-29-27(20-12-13-20)22(16-26(32)31(25)29)15-21-9-5-8-19-7-2-3-11-24(19)21/h2-11,14,16-17,20H,12-13,15H2,1H3,(H,30,33). The molecule has 1 fully saturated rings. The Morgan fingerprint density at radius 2 is 1.79 bits per heavy atom. The third kappa shape index (κ3) is 3.72. The van der Waals surface area contributed by atoms with Crippen LogP contribution < -0.4 is 10.9 Å². The number of hydrogen-bond acceptors (Lipinski definition) is 3. The van der Waals surface area contributed by atoms with E-state index < -0.39 is 0 Å². The summed E-state index contributed by atoms with van der Waals surface area (Å²) in [7, 11) is 0. The maximum Gasteiger partial charge on any atom is 0.273 e. The summed E-state index contributed by atoms with van der Waals surface area (Å²) in [6, 6.07) is 24.2. The van der Waals surface area contributed by atoms with E-state index in [1.807, 2.05) is 36.6 Å². The quantitative estimate of drug-likeness (QED) is 0.321. The van der Waals surface area contributed by atoms with Crippen molar-refractivity contribution in [3.05, 3.63) is 116 Å². The summed E-state index contributed by atoms with van der Waals surface area (Å²) in [4.78, 5) is 27.3. The molecule has 0 atom stereocenters. The monoisotopic (exact) mass is 464 g/mol. The summed E-state index contributed by atoms with van der Waals surface area (Å²) in [5.41, 5.74) is 5.57. The van der Waals surface area contributed by atoms with Gasteiger partial charge in [-0.1, -0.05) is 54.6 Å². The number of benzene rings is 3. The number of hydrogen-bond donors (Lipinski definition) is 1. The highest BCUT2D eigenvalue weighted by molar-refractivity contribution is 7.16. The Bertz CT molecular complexity index is 1620. The van der Waals surface area contributed by atoms with Gasteiger partial charge in [-0.15, -0.1) is 11.3 Å². The van der Waals surface area contributed by atoms with E-state index >= 15 is 0 Å². The van der Waals surface area contributed by atoms with E-state index in [9.17, 15) is 9.59 Å². The molecule has 2 aromatic heterocycles. The van der Waals surface area contributed by atoms with Crippen LogP contribution in [-0.4, -0.2) is 10.3 Å². The molecule has 0 spiro atoms. The number of thiazole rings is 1. The molecule has 0 bridgehead atoms. The van der Waals surface area contributed by atoms with Crippen LogP contribution in [0.3, 0.4) is 0 Å². The average molecular weight is 465 g/mol. The third-order valence-electron chi connectivity index (χ3n) is 6.58. The SMILES string of the molecule is Cc1cccc(NC(=O)c2csc3c(C4CC4)c(Cc4cccc5ccccc45)cc(=O)n23)c1. The second-order valence-electron chi connectivity index (χ2n) is 9.10. The molecule has 6 rings (SSSR count). The third-order valence-corrected chi connectivity index (χ3v) is 7.54. The minimum Gasteiger partial charge on any atom is -0.321 e. The minimum atomic E-state index is -0.262. The second kappa shape index (κ2) is 8.26. The van der Waals surface area contributed by atoms with Crippen molar-refractivity contribution >= 4 is 38.5 Å². The van der Waals surface area contributed by atoms with Gasteiger partial charge < -0.3 is 5.32 Å². The highest BCUT2D eigenvalue weighted by Crippen LogP contribution is 2.45. The number of amides is 1. The van der Waals surface area contributed by atoms with E-state index in [1.165, 1.54) is 33.2 Å². The largest absolute Gasteiger partial charge is 0.321 e. The maximum absolute atomic E-state index is 13.3. The molecule has 0 unspecified atom stereocenters. The van der Waals surface area contributed by atoms with Gasteiger partial charge in [0.15, 0.2) is 0 Å². The van der Waals surface area contributed by atoms with Crippen LogP contribution >= 0.6 is 11.3 Å². The van der Waals surface area contributed by atoms with Crippen LogP contribution in [0.25, 0.3) is 15.6 Å². The van der Waals surface area contributed by atoms with Crippen molar-refractivity contribution in [3.8, 4) is 0 Å². The number of pyridine rings is 1. The van der Waals surface area contributed by atoms with Crippen LogP contribution in [0.2, 0.25) is 0 Å². The van der Waals surface area contributed by atoms with E-state index in [-0.39, 0.29) is 11.5 Å². The van der Waals surface area contributed by atoms with Crippen LogP contribution in [0.1, 0.15) is 51.5 Å². The Balaban J connectivity index is 1.44. The van der Waals surface area contributed by atoms with Crippen LogP contribution in [0.5, 0.6) is 0 Å². The van der Waals surface area contributed by atoms with Gasteiger partial charge in [-0.05, 0) is 77.3 Å². The number of nitrogens with zero attached hydrogens (tertiary/aromatic N) is 1. The van der Waals surface area contributed by atoms with Crippen molar-refractivity contribution < 1.29 is 4.79 Å². The summed E-state index contributed by atoms with van der Waals surface area (Å²) in [5.74, 6) is 0.189. The number of rotatable bonds is 5. The first-order chi connectivity index (χ1) is 16.6. The maximum atomic E-state index is 13.3. The molecule has 1 saturated carbocycles. The zero-order valence-corrected chi connectivity index (χ0v) is 19.7. The number of nitrogens with one attached hydrogen (secondary N) is 1. The fourth-order valence-electron chi connectivity index (χ4n) is 4.84. The Hall–Kier alpha value is -3.70. The van der Waals surface area contributed by atoms with Crippen molar-refractivity contribution in [2.24, 2.45) is 0 Å². The average Bonchev–Trinajstić information content (AvgIpc) is 3.56. The fraction of sp³-hybridized carbons (Fsp3) is 0.172. The van der Waals surface area contributed by atoms with Gasteiger partial charge in [0.2, 0.25) is 0 Å². The number of fused-ring (bicyclic) bond motifs is 2. The van der Waals surface area contributed by atoms with Gasteiger partial charge in [0, 0.05) is 17.1 Å². The number of carbonyl (C=O) groups is 1. The highest BCUT2D eigenvalue weighted by Gasteiger charge is 2.31. The van der Waals surface area contributed by atoms with Crippen LogP contribution in [0.4, 0.5) is 5.69 Å². The number of aryl methyl sites for hydroxylation is 1. The molecule has 0 radical (unpaired) electrons. The lowest BCUT2D eigenvalue weighted by atomic mass is 9.95. The van der Waals surface area contributed by atoms with Crippen molar-refractivity contribution in [2.45, 2.75) is 32.1 Å². The molecule has 1 N–H and O–H groups in total. The van der Waals surface area contributed by atoms with Gasteiger partial charge in [0.1, 0.15) is 10.5 Å². The van der Waals surface area contributed by atoms with Gasteiger partial charge in [0.25, 0.3) is 11.5 Å². The van der Waals surface area contributed by atoms with E-state index in [2.05, 4.69) is 47.8 Å². The van der Waals surface area contributed by atoms with E-state index in [0.29, 0.717) is 18.0 Å². The molecule has 1 amide bonds. The second-order valence-corrected chi connectivity index (χ2v) is 9.95. The lowest BCUT2D eigenvalue weighted by molar-refractivity contribution is 0.102. The number of carbonyl (C=O) groups excluding carboxylic acids is 1. The molecule has 1 aliphatic rings. The van der Waals surface area contributed by atoms with Crippen molar-refractivity contribution in [3.63, 3.8) is 0 Å². The molecular formula is C29H24N2O2S. The molecule has 168 valence electrons. The molecule has 0 saturated heterocycles. The normalized spacial score (nSPS) is 13.4. The molecule has 0 aliphatic heterocycles. The zero-order valence-electron chi connectivity index (χ0n) is 18.9. The summed E-state index contributed by atoms with van der Waals surface area (Å²) in [6.45, 7) is 1.99. The topological polar surface area (TPSA) is 50.6 Å². The first-order valence-electron chi connectivity index (χ1n) is 11.6. The molecule has 5 aromatic rings. The van der Waals surface area contributed by atoms with Crippen LogP contribution in [-0.2, 0) is 6.42 Å². The highest BCUT2D eigenvalue weighted by atomic mass is 32.1. The lowest BCUT2D eigenvalue weighted by Gasteiger charge is -2.13. The van der Waals surface area contributed by atoms with Gasteiger partial charge in [-0.3, -0.25) is 14.0 Å². The van der Waals surface area contributed by atoms with E-state index in [4.69, 9.17) is 0 Å². The first kappa shape index (κ1) is 20.9. The van der Waals surface area contributed by atoms with Gasteiger partial charge in [0.05, 0.1) is 0 Å². The Morgan fingerprint density at radius 1 is 1.00 bits per heavy atom. The molecule has 3 aromatic carbocycles. The zero-order chi connectivity index (χ0) is 23.2. The summed E-state index contributed by atoms with van der Waals surface area (Å²) >= 11 is 1.50. The summed E-state index contributed by atoms with van der Waals surface area (Å²) in [6.07, 6.45) is 2.96.